The molecule has 7 aromatic heterocycles. The van der Waals surface area contributed by atoms with E-state index in [-0.39, 0.29) is 41.6 Å². The number of nitrogens with zero attached hydrogens (tertiary/aromatic N) is 13. The Balaban J connectivity index is 0.767. The highest BCUT2D eigenvalue weighted by Gasteiger charge is 2.33. The highest BCUT2D eigenvalue weighted by Crippen LogP contribution is 2.41. The molecule has 0 aliphatic carbocycles. The quantitative estimate of drug-likeness (QED) is 0.0410. The molecule has 98 heavy (non-hydrogen) atoms. The van der Waals surface area contributed by atoms with Crippen molar-refractivity contribution >= 4 is 74.4 Å². The SMILES string of the molecule is CC(C)NC(=O)c1ccccc1-c1nc2cc(-c3cnc(N)nc3)ccc2n1C(C)(C)CCCNC(=O)c1ccccc1-c1nc2cc(-c3cnc(N)nc3)ccc2n1C(C)(C)Cc1ccc(NC(=O)c2ccccc2-c2nc3cc(-c4cnc(N)nc4)ccc3n2C(C)(C)C)cn1. The molecule has 13 rings (SSSR count). The van der Waals surface area contributed by atoms with Gasteiger partial charge in [0, 0.05) is 112 Å². The number of nitrogens with two attached hydrogens (primary N) is 3. The largest absolute Gasteiger partial charge is 0.368 e. The van der Waals surface area contributed by atoms with Gasteiger partial charge in [-0.1, -0.05) is 72.8 Å². The molecule has 13 aromatic rings. The van der Waals surface area contributed by atoms with E-state index in [9.17, 15) is 14.4 Å². The lowest BCUT2D eigenvalue weighted by molar-refractivity contribution is 0.0938. The van der Waals surface area contributed by atoms with E-state index in [0.29, 0.717) is 87.9 Å². The van der Waals surface area contributed by atoms with Crippen molar-refractivity contribution in [2.75, 3.05) is 29.1 Å². The van der Waals surface area contributed by atoms with Crippen LogP contribution in [0.3, 0.4) is 0 Å². The zero-order valence-corrected chi connectivity index (χ0v) is 56.0. The second-order valence-corrected chi connectivity index (χ2v) is 27.0. The van der Waals surface area contributed by atoms with E-state index in [2.05, 4.69) is 108 Å². The van der Waals surface area contributed by atoms with Crippen LogP contribution >= 0.6 is 0 Å². The molecule has 0 saturated heterocycles. The van der Waals surface area contributed by atoms with Gasteiger partial charge in [-0.2, -0.15) is 0 Å². The molecular weight excluding hydrogens is 1230 g/mol. The van der Waals surface area contributed by atoms with Crippen molar-refractivity contribution < 1.29 is 14.4 Å². The van der Waals surface area contributed by atoms with Gasteiger partial charge in [-0.05, 0) is 159 Å². The fourth-order valence-electron chi connectivity index (χ4n) is 12.9. The van der Waals surface area contributed by atoms with E-state index in [1.165, 1.54) is 0 Å². The highest BCUT2D eigenvalue weighted by atomic mass is 16.2. The highest BCUT2D eigenvalue weighted by molar-refractivity contribution is 6.09. The first kappa shape index (κ1) is 64.6. The maximum Gasteiger partial charge on any atom is 0.256 e. The summed E-state index contributed by atoms with van der Waals surface area (Å²) >= 11 is 0. The predicted octanol–water partition coefficient (Wildman–Crippen LogP) is 13.3. The number of nitrogens with one attached hydrogen (secondary N) is 3. The van der Waals surface area contributed by atoms with E-state index in [4.69, 9.17) is 37.1 Å². The maximum atomic E-state index is 14.8. The van der Waals surface area contributed by atoms with Crippen LogP contribution in [0.1, 0.15) is 112 Å². The zero-order valence-electron chi connectivity index (χ0n) is 56.0. The number of fused-ring (bicyclic) bond motifs is 3. The van der Waals surface area contributed by atoms with Gasteiger partial charge < -0.3 is 46.9 Å². The summed E-state index contributed by atoms with van der Waals surface area (Å²) in [7, 11) is 0. The van der Waals surface area contributed by atoms with Gasteiger partial charge in [-0.3, -0.25) is 19.4 Å². The molecule has 3 amide bonds. The van der Waals surface area contributed by atoms with E-state index >= 15 is 0 Å². The number of amides is 3. The summed E-state index contributed by atoms with van der Waals surface area (Å²) in [5.41, 5.74) is 30.2. The number of pyridine rings is 1. The summed E-state index contributed by atoms with van der Waals surface area (Å²) < 4.78 is 6.54. The lowest BCUT2D eigenvalue weighted by atomic mass is 9.95. The molecule has 0 bridgehead atoms. The molecule has 22 heteroatoms. The van der Waals surface area contributed by atoms with Crippen molar-refractivity contribution in [1.29, 1.82) is 0 Å². The average molecular weight is 1300 g/mol. The third-order valence-corrected chi connectivity index (χ3v) is 17.5. The van der Waals surface area contributed by atoms with Gasteiger partial charge >= 0.3 is 0 Å². The van der Waals surface area contributed by atoms with E-state index in [0.717, 1.165) is 66.7 Å². The van der Waals surface area contributed by atoms with Gasteiger partial charge in [0.05, 0.1) is 61.7 Å². The third-order valence-electron chi connectivity index (χ3n) is 17.5. The second kappa shape index (κ2) is 25.9. The van der Waals surface area contributed by atoms with Gasteiger partial charge in [0.1, 0.15) is 17.5 Å². The minimum atomic E-state index is -0.717. The fraction of sp³-hybridized carbons (Fsp3) is 0.224. The first-order chi connectivity index (χ1) is 47.0. The van der Waals surface area contributed by atoms with Gasteiger partial charge in [0.2, 0.25) is 17.8 Å². The van der Waals surface area contributed by atoms with Crippen molar-refractivity contribution in [2.24, 2.45) is 0 Å². The van der Waals surface area contributed by atoms with Gasteiger partial charge in [-0.15, -0.1) is 0 Å². The van der Waals surface area contributed by atoms with Crippen molar-refractivity contribution in [2.45, 2.75) is 104 Å². The number of imidazole rings is 3. The Hall–Kier alpha value is -12.1. The monoisotopic (exact) mass is 1300 g/mol. The standard InChI is InChI=1S/C76H75N19O3/c1-44(2)88-69(97)57-21-14-12-19-55(57)66-91-60-34-46(49-39-84-72(78)85-40-49)24-29-63(60)94(66)75(6,7)31-16-32-80-68(96)56-20-13-10-17-53(56)67-92-61-35-47(50-41-86-73(79)87-42-50)25-30-64(61)95(67)76(8,9)36-51-26-27-52(43-81-51)89-70(98)58-22-15-11-18-54(58)65-90-59-33-45(48-37-82-71(77)83-38-48)23-28-62(59)93(65)74(3,4)5/h10-15,17-30,33-35,37-44H,16,31-32,36H2,1-9H3,(H,80,96)(H,88,97)(H,89,98)(H2,77,82,83)(H2,78,84,85)(H2,79,86,87). The Morgan fingerprint density at radius 3 is 1.26 bits per heavy atom. The van der Waals surface area contributed by atoms with Crippen LogP contribution in [0, 0.1) is 0 Å². The lowest BCUT2D eigenvalue weighted by Gasteiger charge is -2.30. The summed E-state index contributed by atoms with van der Waals surface area (Å²) in [4.78, 5) is 89.2. The lowest BCUT2D eigenvalue weighted by Crippen LogP contribution is -2.32. The summed E-state index contributed by atoms with van der Waals surface area (Å²) in [6.07, 6.45) is 13.4. The fourth-order valence-corrected chi connectivity index (χ4v) is 12.9. The molecule has 0 unspecified atom stereocenters. The van der Waals surface area contributed by atoms with Crippen LogP contribution in [0.5, 0.6) is 0 Å². The topological polar surface area (TPSA) is 309 Å². The van der Waals surface area contributed by atoms with Crippen molar-refractivity contribution in [3.63, 3.8) is 0 Å². The molecule has 0 fully saturated rings. The summed E-state index contributed by atoms with van der Waals surface area (Å²) in [6.45, 7) is 19.1. The molecule has 0 saturated carbocycles. The van der Waals surface area contributed by atoms with Crippen molar-refractivity contribution in [3.05, 3.63) is 205 Å². The Labute approximate surface area is 566 Å². The zero-order chi connectivity index (χ0) is 68.8. The molecule has 9 N–H and O–H groups in total. The second-order valence-electron chi connectivity index (χ2n) is 27.0. The number of carbonyl (C=O) groups is 3. The van der Waals surface area contributed by atoms with Crippen LogP contribution < -0.4 is 33.2 Å². The van der Waals surface area contributed by atoms with Gasteiger partial charge in [0.15, 0.2) is 0 Å². The number of hydrogen-bond acceptors (Lipinski definition) is 16. The Morgan fingerprint density at radius 1 is 0.439 bits per heavy atom. The molecule has 7 heterocycles. The summed E-state index contributed by atoms with van der Waals surface area (Å²) in [5.74, 6) is 1.63. The van der Waals surface area contributed by atoms with E-state index in [1.54, 1.807) is 49.4 Å². The van der Waals surface area contributed by atoms with Crippen molar-refractivity contribution in [3.8, 4) is 67.5 Å². The van der Waals surface area contributed by atoms with E-state index in [1.807, 2.05) is 147 Å². The van der Waals surface area contributed by atoms with Crippen LogP contribution in [0.25, 0.3) is 101 Å². The number of carbonyl (C=O) groups excluding carboxylic acids is 3. The van der Waals surface area contributed by atoms with Crippen LogP contribution in [0.4, 0.5) is 23.5 Å². The predicted molar refractivity (Wildman–Crippen MR) is 386 cm³/mol. The van der Waals surface area contributed by atoms with Crippen LogP contribution in [0.15, 0.2) is 183 Å². The Bertz CT molecular complexity index is 5180. The minimum absolute atomic E-state index is 0.0820. The number of hydrogen-bond donors (Lipinski definition) is 6. The molecule has 0 spiro atoms. The smallest absolute Gasteiger partial charge is 0.256 e. The molecule has 0 atom stereocenters. The Morgan fingerprint density at radius 2 is 0.837 bits per heavy atom. The van der Waals surface area contributed by atoms with E-state index < -0.39 is 16.6 Å². The summed E-state index contributed by atoms with van der Waals surface area (Å²) in [6, 6.07) is 44.3. The number of rotatable bonds is 19. The molecule has 0 aliphatic rings. The maximum absolute atomic E-state index is 14.8. The molecule has 6 aromatic carbocycles. The average Bonchev–Trinajstić information content (AvgIpc) is 1.60. The molecule has 0 aliphatic heterocycles. The number of benzene rings is 6. The Kier molecular flexibility index (Phi) is 17.1. The van der Waals surface area contributed by atoms with Crippen LogP contribution in [0.2, 0.25) is 0 Å². The minimum Gasteiger partial charge on any atom is -0.368 e. The molecule has 492 valence electrons. The van der Waals surface area contributed by atoms with Crippen LogP contribution in [-0.4, -0.2) is 93.8 Å². The van der Waals surface area contributed by atoms with Gasteiger partial charge in [-0.25, -0.2) is 44.9 Å². The van der Waals surface area contributed by atoms with Crippen molar-refractivity contribution in [1.82, 2.24) is 74.2 Å². The number of anilines is 4. The first-order valence-electron chi connectivity index (χ1n) is 32.4. The van der Waals surface area contributed by atoms with Crippen LogP contribution in [-0.2, 0) is 23.0 Å². The third kappa shape index (κ3) is 13.0. The number of aromatic nitrogens is 13. The summed E-state index contributed by atoms with van der Waals surface area (Å²) in [5, 5.41) is 9.45. The molecular formula is C76H75N19O3. The van der Waals surface area contributed by atoms with Gasteiger partial charge in [0.25, 0.3) is 17.7 Å². The molecule has 0 radical (unpaired) electrons. The first-order valence-corrected chi connectivity index (χ1v) is 32.4. The molecule has 22 nitrogen and oxygen atoms in total. The number of nitrogen functional groups attached to an aromatic ring is 3. The normalized spacial score (nSPS) is 12.0.